The largest absolute Gasteiger partial charge is 0.383 e. The van der Waals surface area contributed by atoms with E-state index in [-0.39, 0.29) is 27.6 Å². The van der Waals surface area contributed by atoms with Gasteiger partial charge in [-0.2, -0.15) is 0 Å². The number of thiophene rings is 1. The maximum Gasteiger partial charge on any atom is 0.319 e. The molecule has 10 heteroatoms. The Morgan fingerprint density at radius 1 is 0.911 bits per heavy atom. The zero-order valence-corrected chi connectivity index (χ0v) is 27.4. The van der Waals surface area contributed by atoms with Gasteiger partial charge >= 0.3 is 6.03 Å². The van der Waals surface area contributed by atoms with E-state index in [9.17, 15) is 13.2 Å². The van der Waals surface area contributed by atoms with Crippen LogP contribution in [-0.2, 0) is 9.84 Å². The van der Waals surface area contributed by atoms with Gasteiger partial charge in [-0.1, -0.05) is 84.9 Å². The minimum absolute atomic E-state index is 0.120. The molecule has 0 fully saturated rings. The molecular weight excluding hydrogens is 621 g/mol. The quantitative estimate of drug-likeness (QED) is 0.0655. The number of hydrogen-bond donors (Lipinski definition) is 4. The van der Waals surface area contributed by atoms with Crippen molar-refractivity contribution in [1.29, 1.82) is 5.41 Å². The lowest BCUT2D eigenvalue weighted by Gasteiger charge is -2.19. The molecule has 0 radical (unpaired) electrons. The van der Waals surface area contributed by atoms with Crippen LogP contribution in [0.4, 0.5) is 10.5 Å². The summed E-state index contributed by atoms with van der Waals surface area (Å²) in [5.41, 5.74) is 10.9. The number of urea groups is 1. The number of carbonyl (C=O) groups excluding carboxylic acids is 1. The molecule has 4 aromatic carbocycles. The van der Waals surface area contributed by atoms with Crippen molar-refractivity contribution in [2.24, 2.45) is 5.73 Å². The Hall–Kier alpha value is -4.38. The van der Waals surface area contributed by atoms with E-state index < -0.39 is 9.84 Å². The van der Waals surface area contributed by atoms with Gasteiger partial charge in [0.25, 0.3) is 0 Å². The fraction of sp³-hybridized carbons (Fsp3) is 0.143. The number of carbonyl (C=O) groups is 1. The number of anilines is 1. The second kappa shape index (κ2) is 14.2. The van der Waals surface area contributed by atoms with Crippen molar-refractivity contribution in [3.05, 3.63) is 131 Å². The van der Waals surface area contributed by atoms with Gasteiger partial charge in [-0.05, 0) is 66.1 Å². The molecule has 5 rings (SSSR count). The Bertz CT molecular complexity index is 1890. The first kappa shape index (κ1) is 32.0. The molecule has 1 heterocycles. The van der Waals surface area contributed by atoms with Gasteiger partial charge in [0.1, 0.15) is 5.84 Å². The molecule has 5 aromatic rings. The van der Waals surface area contributed by atoms with Crippen LogP contribution in [-0.4, -0.2) is 33.1 Å². The Morgan fingerprint density at radius 3 is 2.18 bits per heavy atom. The first-order valence-corrected chi connectivity index (χ1v) is 17.8. The molecule has 230 valence electrons. The second-order valence-corrected chi connectivity index (χ2v) is 14.5. The highest BCUT2D eigenvalue weighted by molar-refractivity contribution is 8.01. The maximum atomic E-state index is 13.8. The van der Waals surface area contributed by atoms with E-state index in [4.69, 9.17) is 11.1 Å². The third-order valence-corrected chi connectivity index (χ3v) is 11.8. The smallest absolute Gasteiger partial charge is 0.319 e. The Labute approximate surface area is 272 Å². The molecule has 0 aliphatic carbocycles. The van der Waals surface area contributed by atoms with Crippen molar-refractivity contribution in [3.8, 4) is 11.1 Å². The maximum absolute atomic E-state index is 13.8. The molecular formula is C35H34N4O3S3. The van der Waals surface area contributed by atoms with Crippen LogP contribution in [0.3, 0.4) is 0 Å². The summed E-state index contributed by atoms with van der Waals surface area (Å²) >= 11 is 2.49. The lowest BCUT2D eigenvalue weighted by molar-refractivity contribution is 0.252. The highest BCUT2D eigenvalue weighted by Crippen LogP contribution is 2.39. The topological polar surface area (TPSA) is 125 Å². The summed E-state index contributed by atoms with van der Waals surface area (Å²) in [5.74, 6) is -0.0386. The Kier molecular flexibility index (Phi) is 10.1. The van der Waals surface area contributed by atoms with Crippen molar-refractivity contribution in [2.75, 3.05) is 18.1 Å². The molecule has 1 aromatic heterocycles. The van der Waals surface area contributed by atoms with Crippen molar-refractivity contribution in [2.45, 2.75) is 33.3 Å². The van der Waals surface area contributed by atoms with Gasteiger partial charge in [-0.25, -0.2) is 13.2 Å². The van der Waals surface area contributed by atoms with Crippen LogP contribution in [0.15, 0.2) is 123 Å². The predicted octanol–water partition coefficient (Wildman–Crippen LogP) is 7.91. The van der Waals surface area contributed by atoms with E-state index in [2.05, 4.69) is 34.9 Å². The average molecular weight is 655 g/mol. The number of nitrogen functional groups attached to an aromatic ring is 1. The highest BCUT2D eigenvalue weighted by Gasteiger charge is 2.26. The van der Waals surface area contributed by atoms with E-state index >= 15 is 0 Å². The molecule has 7 nitrogen and oxygen atoms in total. The van der Waals surface area contributed by atoms with Crippen molar-refractivity contribution in [3.63, 3.8) is 0 Å². The van der Waals surface area contributed by atoms with E-state index in [1.54, 1.807) is 24.5 Å². The van der Waals surface area contributed by atoms with Crippen molar-refractivity contribution < 1.29 is 13.2 Å². The van der Waals surface area contributed by atoms with Gasteiger partial charge in [-0.15, -0.1) is 23.1 Å². The first-order valence-electron chi connectivity index (χ1n) is 14.3. The van der Waals surface area contributed by atoms with E-state index in [0.29, 0.717) is 33.3 Å². The van der Waals surface area contributed by atoms with Crippen LogP contribution in [0.25, 0.3) is 11.1 Å². The monoisotopic (exact) mass is 654 g/mol. The molecule has 0 saturated carbocycles. The van der Waals surface area contributed by atoms with Crippen molar-refractivity contribution in [1.82, 2.24) is 5.32 Å². The summed E-state index contributed by atoms with van der Waals surface area (Å²) in [6.07, 6.45) is 2.51. The number of sulfone groups is 1. The summed E-state index contributed by atoms with van der Waals surface area (Å²) in [6, 6.07) is 33.9. The molecule has 0 saturated heterocycles. The summed E-state index contributed by atoms with van der Waals surface area (Å²) in [6.45, 7) is 2.38. The number of hydrogen-bond acceptors (Lipinski definition) is 6. The zero-order valence-electron chi connectivity index (χ0n) is 24.9. The van der Waals surface area contributed by atoms with Crippen LogP contribution < -0.4 is 16.4 Å². The van der Waals surface area contributed by atoms with Gasteiger partial charge in [0, 0.05) is 18.0 Å². The summed E-state index contributed by atoms with van der Waals surface area (Å²) < 4.78 is 28.1. The van der Waals surface area contributed by atoms with Crippen LogP contribution >= 0.6 is 23.1 Å². The standard InChI is InChI=1S/C35H34N4O3S3/c1-23-11-9-18-29(39-35(40)38-20-19-28(24-12-5-3-6-13-24)25-14-7-4-8-15-25)32(23)26-16-10-17-27(21-26)45(41,42)31-22-30(33(36)37)44-34(31)43-2/h3-18,21-22,28H,19-20H2,1-2H3,(H3,36,37)(H2,38,39,40). The molecule has 45 heavy (non-hydrogen) atoms. The summed E-state index contributed by atoms with van der Waals surface area (Å²) in [5, 5.41) is 13.8. The Balaban J connectivity index is 1.36. The van der Waals surface area contributed by atoms with Crippen LogP contribution in [0.2, 0.25) is 0 Å². The zero-order chi connectivity index (χ0) is 32.0. The highest BCUT2D eigenvalue weighted by atomic mass is 32.2. The molecule has 0 bridgehead atoms. The third-order valence-electron chi connectivity index (χ3n) is 7.48. The lowest BCUT2D eigenvalue weighted by atomic mass is 9.88. The summed E-state index contributed by atoms with van der Waals surface area (Å²) in [7, 11) is -3.90. The number of nitrogens with two attached hydrogens (primary N) is 1. The number of amides is 2. The summed E-state index contributed by atoms with van der Waals surface area (Å²) in [4.78, 5) is 13.8. The fourth-order valence-electron chi connectivity index (χ4n) is 5.31. The normalized spacial score (nSPS) is 11.4. The molecule has 0 aliphatic heterocycles. The molecule has 5 N–H and O–H groups in total. The number of nitrogens with one attached hydrogen (secondary N) is 3. The second-order valence-electron chi connectivity index (χ2n) is 10.5. The molecule has 0 unspecified atom stereocenters. The van der Waals surface area contributed by atoms with Gasteiger partial charge in [0.2, 0.25) is 9.84 Å². The average Bonchev–Trinajstić information content (AvgIpc) is 3.50. The van der Waals surface area contributed by atoms with Crippen LogP contribution in [0, 0.1) is 12.3 Å². The minimum Gasteiger partial charge on any atom is -0.383 e. The minimum atomic E-state index is -3.90. The molecule has 0 spiro atoms. The van der Waals surface area contributed by atoms with Crippen LogP contribution in [0.5, 0.6) is 0 Å². The van der Waals surface area contributed by atoms with E-state index in [1.165, 1.54) is 40.3 Å². The van der Waals surface area contributed by atoms with Crippen molar-refractivity contribution >= 4 is 50.5 Å². The number of amidine groups is 1. The number of aryl methyl sites for hydroxylation is 1. The SMILES string of the molecule is CSc1sc(C(=N)N)cc1S(=O)(=O)c1cccc(-c2c(C)cccc2NC(=O)NCCC(c2ccccc2)c2ccccc2)c1. The lowest BCUT2D eigenvalue weighted by Crippen LogP contribution is -2.30. The fourth-order valence-corrected chi connectivity index (χ4v) is 9.22. The van der Waals surface area contributed by atoms with Gasteiger partial charge in [0.05, 0.1) is 24.6 Å². The van der Waals surface area contributed by atoms with Gasteiger partial charge < -0.3 is 16.4 Å². The predicted molar refractivity (Wildman–Crippen MR) is 186 cm³/mol. The van der Waals surface area contributed by atoms with E-state index in [0.717, 1.165) is 11.1 Å². The number of benzene rings is 4. The third kappa shape index (κ3) is 7.30. The van der Waals surface area contributed by atoms with Crippen LogP contribution in [0.1, 0.15) is 33.9 Å². The number of thioether (sulfide) groups is 1. The Morgan fingerprint density at radius 2 is 1.56 bits per heavy atom. The van der Waals surface area contributed by atoms with Gasteiger partial charge in [-0.3, -0.25) is 5.41 Å². The molecule has 0 atom stereocenters. The number of rotatable bonds is 11. The van der Waals surface area contributed by atoms with E-state index in [1.807, 2.05) is 67.6 Å². The van der Waals surface area contributed by atoms with Gasteiger partial charge in [0.15, 0.2) is 0 Å². The first-order chi connectivity index (χ1) is 21.7. The molecule has 0 aliphatic rings. The molecule has 2 amide bonds.